The number of rotatable bonds is 6. The van der Waals surface area contributed by atoms with Crippen LogP contribution in [0.1, 0.15) is 22.8 Å². The first-order valence-electron chi connectivity index (χ1n) is 6.39. The van der Waals surface area contributed by atoms with E-state index in [0.717, 1.165) is 5.56 Å². The number of imide groups is 1. The van der Waals surface area contributed by atoms with Crippen LogP contribution in [0.25, 0.3) is 0 Å². The monoisotopic (exact) mass is 294 g/mol. The fraction of sp³-hybridized carbons (Fsp3) is 0.357. The van der Waals surface area contributed by atoms with Gasteiger partial charge in [0.25, 0.3) is 5.91 Å². The van der Waals surface area contributed by atoms with Gasteiger partial charge >= 0.3 is 12.0 Å². The van der Waals surface area contributed by atoms with Crippen molar-refractivity contribution in [2.45, 2.75) is 13.5 Å². The molecule has 0 heterocycles. The summed E-state index contributed by atoms with van der Waals surface area (Å²) in [6.45, 7) is 2.05. The highest BCUT2D eigenvalue weighted by Gasteiger charge is 2.12. The van der Waals surface area contributed by atoms with Gasteiger partial charge in [0.1, 0.15) is 0 Å². The smallest absolute Gasteiger partial charge is 0.338 e. The largest absolute Gasteiger partial charge is 0.452 e. The van der Waals surface area contributed by atoms with Crippen LogP contribution in [-0.4, -0.2) is 38.2 Å². The molecule has 0 saturated heterocycles. The van der Waals surface area contributed by atoms with Crippen molar-refractivity contribution in [3.63, 3.8) is 0 Å². The third-order valence-corrected chi connectivity index (χ3v) is 2.43. The molecule has 3 amide bonds. The van der Waals surface area contributed by atoms with Gasteiger partial charge in [-0.25, -0.2) is 9.59 Å². The second kappa shape index (κ2) is 8.70. The van der Waals surface area contributed by atoms with Crippen LogP contribution < -0.4 is 10.6 Å². The van der Waals surface area contributed by atoms with Crippen molar-refractivity contribution in [1.82, 2.24) is 10.6 Å². The fourth-order valence-electron chi connectivity index (χ4n) is 1.49. The fourth-order valence-corrected chi connectivity index (χ4v) is 1.49. The molecule has 0 aromatic heterocycles. The highest BCUT2D eigenvalue weighted by molar-refractivity contribution is 5.96. The summed E-state index contributed by atoms with van der Waals surface area (Å²) >= 11 is 0. The predicted octanol–water partition coefficient (Wildman–Crippen LogP) is 0.835. The Bertz CT molecular complexity index is 499. The second-order valence-electron chi connectivity index (χ2n) is 4.11. The summed E-state index contributed by atoms with van der Waals surface area (Å²) < 4.78 is 9.76. The van der Waals surface area contributed by atoms with E-state index in [2.05, 4.69) is 5.32 Å². The highest BCUT2D eigenvalue weighted by atomic mass is 16.5. The molecule has 0 radical (unpaired) electrons. The summed E-state index contributed by atoms with van der Waals surface area (Å²) in [5.74, 6) is -1.32. The van der Waals surface area contributed by atoms with Crippen molar-refractivity contribution in [2.75, 3.05) is 20.3 Å². The summed E-state index contributed by atoms with van der Waals surface area (Å²) in [5, 5.41) is 4.42. The normalized spacial score (nSPS) is 9.81. The Morgan fingerprint density at radius 1 is 1.14 bits per heavy atom. The average molecular weight is 294 g/mol. The van der Waals surface area contributed by atoms with Crippen molar-refractivity contribution < 1.29 is 23.9 Å². The third-order valence-electron chi connectivity index (χ3n) is 2.43. The van der Waals surface area contributed by atoms with Gasteiger partial charge in [-0.15, -0.1) is 0 Å². The van der Waals surface area contributed by atoms with Crippen molar-refractivity contribution in [1.29, 1.82) is 0 Å². The number of hydrogen-bond acceptors (Lipinski definition) is 5. The van der Waals surface area contributed by atoms with E-state index in [1.54, 1.807) is 38.3 Å². The van der Waals surface area contributed by atoms with Crippen molar-refractivity contribution in [3.05, 3.63) is 35.4 Å². The minimum atomic E-state index is -0.690. The molecule has 1 rings (SSSR count). The summed E-state index contributed by atoms with van der Waals surface area (Å²) in [7, 11) is 1.58. The molecule has 0 atom stereocenters. The van der Waals surface area contributed by atoms with Gasteiger partial charge in [-0.05, 0) is 24.6 Å². The molecule has 2 N–H and O–H groups in total. The van der Waals surface area contributed by atoms with E-state index in [4.69, 9.17) is 9.47 Å². The summed E-state index contributed by atoms with van der Waals surface area (Å²) in [6.07, 6.45) is 0. The first kappa shape index (κ1) is 16.6. The van der Waals surface area contributed by atoms with E-state index in [1.165, 1.54) is 0 Å². The van der Waals surface area contributed by atoms with Crippen molar-refractivity contribution >= 4 is 17.9 Å². The molecule has 0 saturated carbocycles. The molecule has 1 aromatic carbocycles. The van der Waals surface area contributed by atoms with Gasteiger partial charge in [0.2, 0.25) is 0 Å². The van der Waals surface area contributed by atoms with Crippen LogP contribution in [0.5, 0.6) is 0 Å². The number of amides is 3. The Labute approximate surface area is 122 Å². The Morgan fingerprint density at radius 3 is 2.38 bits per heavy atom. The lowest BCUT2D eigenvalue weighted by molar-refractivity contribution is -0.123. The maximum Gasteiger partial charge on any atom is 0.338 e. The Balaban J connectivity index is 2.42. The van der Waals surface area contributed by atoms with E-state index in [9.17, 15) is 14.4 Å². The predicted molar refractivity (Wildman–Crippen MR) is 74.7 cm³/mol. The molecule has 1 aromatic rings. The number of carbonyl (C=O) groups is 3. The van der Waals surface area contributed by atoms with Crippen LogP contribution in [-0.2, 0) is 20.9 Å². The maximum atomic E-state index is 11.7. The lowest BCUT2D eigenvalue weighted by atomic mass is 10.1. The van der Waals surface area contributed by atoms with Gasteiger partial charge in [-0.3, -0.25) is 10.1 Å². The number of nitrogens with one attached hydrogen (secondary N) is 2. The molecule has 0 aliphatic rings. The van der Waals surface area contributed by atoms with Gasteiger partial charge in [0.05, 0.1) is 12.2 Å². The minimum absolute atomic E-state index is 0.320. The zero-order chi connectivity index (χ0) is 15.7. The third kappa shape index (κ3) is 6.05. The molecule has 0 fully saturated rings. The number of ether oxygens (including phenoxy) is 2. The standard InChI is InChI=1S/C14H18N2O5/c1-3-15-14(19)16-12(17)9-21-13(18)11-6-4-10(5-7-11)8-20-2/h4-7H,3,8-9H2,1-2H3,(H2,15,16,17,19). The molecule has 0 bridgehead atoms. The molecular formula is C14H18N2O5. The molecule has 0 unspecified atom stereocenters. The number of esters is 1. The Morgan fingerprint density at radius 2 is 1.81 bits per heavy atom. The average Bonchev–Trinajstić information content (AvgIpc) is 2.46. The number of urea groups is 1. The highest BCUT2D eigenvalue weighted by Crippen LogP contribution is 2.06. The van der Waals surface area contributed by atoms with Gasteiger partial charge in [-0.1, -0.05) is 12.1 Å². The Kier molecular flexibility index (Phi) is 6.90. The van der Waals surface area contributed by atoms with Crippen LogP contribution in [0.3, 0.4) is 0 Å². The quantitative estimate of drug-likeness (QED) is 0.758. The van der Waals surface area contributed by atoms with Crippen LogP contribution >= 0.6 is 0 Å². The first-order chi connectivity index (χ1) is 10.1. The lowest BCUT2D eigenvalue weighted by Crippen LogP contribution is -2.41. The summed E-state index contributed by atoms with van der Waals surface area (Å²) in [5.41, 5.74) is 1.24. The minimum Gasteiger partial charge on any atom is -0.452 e. The van der Waals surface area contributed by atoms with Gasteiger partial charge in [0, 0.05) is 13.7 Å². The first-order valence-corrected chi connectivity index (χ1v) is 6.39. The number of benzene rings is 1. The lowest BCUT2D eigenvalue weighted by Gasteiger charge is -2.06. The van der Waals surface area contributed by atoms with Gasteiger partial charge < -0.3 is 14.8 Å². The molecule has 21 heavy (non-hydrogen) atoms. The molecule has 7 nitrogen and oxygen atoms in total. The molecule has 0 aliphatic heterocycles. The van der Waals surface area contributed by atoms with E-state index < -0.39 is 24.5 Å². The van der Waals surface area contributed by atoms with E-state index in [1.807, 2.05) is 5.32 Å². The molecule has 7 heteroatoms. The molecular weight excluding hydrogens is 276 g/mol. The zero-order valence-corrected chi connectivity index (χ0v) is 12.0. The van der Waals surface area contributed by atoms with E-state index in [0.29, 0.717) is 18.7 Å². The SMILES string of the molecule is CCNC(=O)NC(=O)COC(=O)c1ccc(COC)cc1. The number of hydrogen-bond donors (Lipinski definition) is 2. The molecule has 0 aliphatic carbocycles. The van der Waals surface area contributed by atoms with Gasteiger partial charge in [-0.2, -0.15) is 0 Å². The van der Waals surface area contributed by atoms with Crippen LogP contribution in [0.4, 0.5) is 4.79 Å². The number of carbonyl (C=O) groups excluding carboxylic acids is 3. The molecule has 0 spiro atoms. The number of methoxy groups -OCH3 is 1. The molecule has 114 valence electrons. The van der Waals surface area contributed by atoms with Crippen molar-refractivity contribution in [3.8, 4) is 0 Å². The summed E-state index contributed by atoms with van der Waals surface area (Å²) in [4.78, 5) is 34.1. The van der Waals surface area contributed by atoms with E-state index in [-0.39, 0.29) is 0 Å². The van der Waals surface area contributed by atoms with Crippen LogP contribution in [0, 0.1) is 0 Å². The van der Waals surface area contributed by atoms with E-state index >= 15 is 0 Å². The van der Waals surface area contributed by atoms with Crippen LogP contribution in [0.2, 0.25) is 0 Å². The second-order valence-corrected chi connectivity index (χ2v) is 4.11. The maximum absolute atomic E-state index is 11.7. The zero-order valence-electron chi connectivity index (χ0n) is 12.0. The topological polar surface area (TPSA) is 93.7 Å². The summed E-state index contributed by atoms with van der Waals surface area (Å²) in [6, 6.07) is 6.00. The van der Waals surface area contributed by atoms with Crippen LogP contribution in [0.15, 0.2) is 24.3 Å². The van der Waals surface area contributed by atoms with Gasteiger partial charge in [0.15, 0.2) is 6.61 Å². The Hall–Kier alpha value is -2.41. The van der Waals surface area contributed by atoms with Crippen molar-refractivity contribution in [2.24, 2.45) is 0 Å².